The first kappa shape index (κ1) is 13.2. The van der Waals surface area contributed by atoms with Crippen LogP contribution in [0.4, 0.5) is 5.69 Å². The Labute approximate surface area is 120 Å². The summed E-state index contributed by atoms with van der Waals surface area (Å²) in [5.74, 6) is 0.276. The molecule has 0 fully saturated rings. The molecule has 0 radical (unpaired) electrons. The van der Waals surface area contributed by atoms with Crippen molar-refractivity contribution in [3.63, 3.8) is 0 Å². The van der Waals surface area contributed by atoms with Crippen molar-refractivity contribution < 1.29 is 8.76 Å². The number of hydrogen-bond acceptors (Lipinski definition) is 2. The van der Waals surface area contributed by atoms with Gasteiger partial charge in [0.1, 0.15) is 0 Å². The number of aliphatic imine (C=N–C) groups is 1. The number of allylic oxidation sites excluding steroid dienone is 5. The van der Waals surface area contributed by atoms with Crippen LogP contribution >= 0.6 is 0 Å². The summed E-state index contributed by atoms with van der Waals surface area (Å²) in [6.45, 7) is 0. The fraction of sp³-hybridized carbons (Fsp3) is 0.188. The minimum atomic E-state index is -1.90. The molecule has 1 aromatic rings. The lowest BCUT2D eigenvalue weighted by Gasteiger charge is -2.23. The second-order valence-corrected chi connectivity index (χ2v) is 5.86. The molecule has 20 heavy (non-hydrogen) atoms. The van der Waals surface area contributed by atoms with E-state index >= 15 is 0 Å². The molecule has 0 heterocycles. The Balaban J connectivity index is 1.83. The van der Waals surface area contributed by atoms with E-state index in [0.29, 0.717) is 4.91 Å². The minimum Gasteiger partial charge on any atom is -0.302 e. The Morgan fingerprint density at radius 3 is 2.80 bits per heavy atom. The molecule has 0 bridgehead atoms. The topological polar surface area (TPSA) is 49.7 Å². The van der Waals surface area contributed by atoms with Crippen molar-refractivity contribution >= 4 is 22.5 Å². The molecule has 0 amide bonds. The van der Waals surface area contributed by atoms with Gasteiger partial charge in [0.25, 0.3) is 0 Å². The standard InChI is InChI=1S/C16H15NO2S/c18-20(19)16-9-7-12-10-15(8-6-13(12)11-16)17-14-4-2-1-3-5-14/h1-7,9,11-12H,8,10H2,(H,18,19). The second-order valence-electron chi connectivity index (χ2n) is 4.89. The molecular weight excluding hydrogens is 270 g/mol. The summed E-state index contributed by atoms with van der Waals surface area (Å²) < 4.78 is 20.2. The van der Waals surface area contributed by atoms with Crippen molar-refractivity contribution in [2.45, 2.75) is 12.8 Å². The molecule has 0 saturated heterocycles. The van der Waals surface area contributed by atoms with E-state index < -0.39 is 11.1 Å². The smallest absolute Gasteiger partial charge is 0.186 e. The van der Waals surface area contributed by atoms with Gasteiger partial charge in [0.2, 0.25) is 0 Å². The fourth-order valence-corrected chi connectivity index (χ4v) is 2.93. The van der Waals surface area contributed by atoms with Crippen LogP contribution in [-0.2, 0) is 11.1 Å². The highest BCUT2D eigenvalue weighted by molar-refractivity contribution is 7.83. The Hall–Kier alpha value is -1.78. The second kappa shape index (κ2) is 5.69. The normalized spacial score (nSPS) is 24.9. The summed E-state index contributed by atoms with van der Waals surface area (Å²) in [4.78, 5) is 5.14. The van der Waals surface area contributed by atoms with E-state index in [0.717, 1.165) is 29.8 Å². The van der Waals surface area contributed by atoms with Gasteiger partial charge in [-0.25, -0.2) is 4.21 Å². The zero-order valence-electron chi connectivity index (χ0n) is 10.9. The Bertz CT molecular complexity index is 656. The molecule has 102 valence electrons. The number of rotatable bonds is 2. The average Bonchev–Trinajstić information content (AvgIpc) is 2.47. The predicted molar refractivity (Wildman–Crippen MR) is 82.3 cm³/mol. The molecule has 0 spiro atoms. The van der Waals surface area contributed by atoms with Crippen LogP contribution in [0, 0.1) is 5.92 Å². The Morgan fingerprint density at radius 1 is 1.25 bits per heavy atom. The van der Waals surface area contributed by atoms with Gasteiger partial charge in [0.15, 0.2) is 11.1 Å². The van der Waals surface area contributed by atoms with Crippen molar-refractivity contribution in [1.29, 1.82) is 0 Å². The maximum atomic E-state index is 11.1. The van der Waals surface area contributed by atoms with Crippen LogP contribution in [0.15, 0.2) is 70.1 Å². The molecule has 4 heteroatoms. The van der Waals surface area contributed by atoms with Gasteiger partial charge in [-0.05, 0) is 36.3 Å². The molecule has 0 saturated carbocycles. The van der Waals surface area contributed by atoms with Crippen molar-refractivity contribution in [2.75, 3.05) is 0 Å². The maximum Gasteiger partial charge on any atom is 0.186 e. The Morgan fingerprint density at radius 2 is 2.05 bits per heavy atom. The lowest BCUT2D eigenvalue weighted by molar-refractivity contribution is 0.571. The van der Waals surface area contributed by atoms with E-state index in [1.807, 2.05) is 42.5 Å². The van der Waals surface area contributed by atoms with Crippen LogP contribution in [0.5, 0.6) is 0 Å². The Kier molecular flexibility index (Phi) is 3.76. The molecule has 3 nitrogen and oxygen atoms in total. The SMILES string of the molecule is O=S(O)C1=CC2=CCC(=Nc3ccccc3)CC2C=C1. The number of hydrogen-bond donors (Lipinski definition) is 1. The van der Waals surface area contributed by atoms with E-state index in [9.17, 15) is 4.21 Å². The zero-order chi connectivity index (χ0) is 13.9. The summed E-state index contributed by atoms with van der Waals surface area (Å²) in [5.41, 5.74) is 3.25. The third-order valence-electron chi connectivity index (χ3n) is 3.50. The summed E-state index contributed by atoms with van der Waals surface area (Å²) in [6.07, 6.45) is 9.33. The largest absolute Gasteiger partial charge is 0.302 e. The van der Waals surface area contributed by atoms with E-state index in [-0.39, 0.29) is 5.92 Å². The maximum absolute atomic E-state index is 11.1. The number of fused-ring (bicyclic) bond motifs is 1. The molecular formula is C16H15NO2S. The van der Waals surface area contributed by atoms with Gasteiger partial charge in [-0.3, -0.25) is 4.99 Å². The first-order chi connectivity index (χ1) is 9.72. The van der Waals surface area contributed by atoms with Gasteiger partial charge < -0.3 is 4.55 Å². The van der Waals surface area contributed by atoms with Crippen molar-refractivity contribution in [1.82, 2.24) is 0 Å². The molecule has 2 atom stereocenters. The average molecular weight is 285 g/mol. The van der Waals surface area contributed by atoms with Crippen LogP contribution in [0.2, 0.25) is 0 Å². The molecule has 2 aliphatic carbocycles. The lowest BCUT2D eigenvalue weighted by Crippen LogP contribution is -2.16. The highest BCUT2D eigenvalue weighted by atomic mass is 32.2. The van der Waals surface area contributed by atoms with Gasteiger partial charge in [-0.2, -0.15) is 0 Å². The van der Waals surface area contributed by atoms with Gasteiger partial charge in [-0.15, -0.1) is 0 Å². The van der Waals surface area contributed by atoms with Crippen LogP contribution in [0.1, 0.15) is 12.8 Å². The summed E-state index contributed by atoms with van der Waals surface area (Å²) in [5, 5.41) is 0. The monoisotopic (exact) mass is 285 g/mol. The zero-order valence-corrected chi connectivity index (χ0v) is 11.7. The van der Waals surface area contributed by atoms with Crippen molar-refractivity contribution in [2.24, 2.45) is 10.9 Å². The van der Waals surface area contributed by atoms with E-state index in [4.69, 9.17) is 4.55 Å². The van der Waals surface area contributed by atoms with Gasteiger partial charge in [0, 0.05) is 18.1 Å². The molecule has 2 unspecified atom stereocenters. The first-order valence-electron chi connectivity index (χ1n) is 6.54. The molecule has 3 rings (SSSR count). The van der Waals surface area contributed by atoms with Crippen LogP contribution in [0.25, 0.3) is 0 Å². The van der Waals surface area contributed by atoms with E-state index in [1.165, 1.54) is 0 Å². The molecule has 0 aromatic heterocycles. The third kappa shape index (κ3) is 2.86. The number of benzene rings is 1. The molecule has 1 N–H and O–H groups in total. The minimum absolute atomic E-state index is 0.276. The van der Waals surface area contributed by atoms with Gasteiger partial charge >= 0.3 is 0 Å². The summed E-state index contributed by atoms with van der Waals surface area (Å²) in [7, 11) is 0. The van der Waals surface area contributed by atoms with Crippen LogP contribution in [0.3, 0.4) is 0 Å². The number of para-hydroxylation sites is 1. The van der Waals surface area contributed by atoms with E-state index in [2.05, 4.69) is 11.1 Å². The highest BCUT2D eigenvalue weighted by Crippen LogP contribution is 2.31. The van der Waals surface area contributed by atoms with Gasteiger partial charge in [0.05, 0.1) is 10.6 Å². The van der Waals surface area contributed by atoms with E-state index in [1.54, 1.807) is 6.08 Å². The summed E-state index contributed by atoms with van der Waals surface area (Å²) in [6, 6.07) is 9.94. The highest BCUT2D eigenvalue weighted by Gasteiger charge is 2.21. The van der Waals surface area contributed by atoms with Crippen LogP contribution < -0.4 is 0 Å². The third-order valence-corrected chi connectivity index (χ3v) is 4.16. The predicted octanol–water partition coefficient (Wildman–Crippen LogP) is 3.77. The molecule has 1 aromatic carbocycles. The quantitative estimate of drug-likeness (QED) is 0.841. The first-order valence-corrected chi connectivity index (χ1v) is 7.65. The summed E-state index contributed by atoms with van der Waals surface area (Å²) >= 11 is -1.90. The number of nitrogens with zero attached hydrogens (tertiary/aromatic N) is 1. The molecule has 0 aliphatic heterocycles. The molecule has 2 aliphatic rings. The van der Waals surface area contributed by atoms with Gasteiger partial charge in [-0.1, -0.05) is 30.4 Å². The van der Waals surface area contributed by atoms with Crippen LogP contribution in [-0.4, -0.2) is 14.5 Å². The fourth-order valence-electron chi connectivity index (χ4n) is 2.50. The van der Waals surface area contributed by atoms with Crippen molar-refractivity contribution in [3.05, 3.63) is 65.1 Å². The van der Waals surface area contributed by atoms with Crippen molar-refractivity contribution in [3.8, 4) is 0 Å². The lowest BCUT2D eigenvalue weighted by atomic mass is 9.84.